The zero-order valence-electron chi connectivity index (χ0n) is 18.5. The topological polar surface area (TPSA) is 53.9 Å². The minimum absolute atomic E-state index is 0.0474. The number of alkyl halides is 6. The fourth-order valence-corrected chi connectivity index (χ4v) is 5.55. The van der Waals surface area contributed by atoms with Gasteiger partial charge in [0.05, 0.1) is 28.6 Å². The van der Waals surface area contributed by atoms with Crippen LogP contribution < -0.4 is 10.1 Å². The first-order chi connectivity index (χ1) is 16.4. The maximum absolute atomic E-state index is 13.2. The second-order valence-electron chi connectivity index (χ2n) is 8.51. The molecule has 0 bridgehead atoms. The Morgan fingerprint density at radius 1 is 1.03 bits per heavy atom. The third-order valence-corrected chi connectivity index (χ3v) is 7.60. The number of amidine groups is 1. The van der Waals surface area contributed by atoms with Crippen molar-refractivity contribution in [3.8, 4) is 5.75 Å². The zero-order valence-corrected chi connectivity index (χ0v) is 19.3. The Hall–Kier alpha value is -2.60. The molecule has 2 aliphatic heterocycles. The second kappa shape index (κ2) is 9.81. The molecule has 0 radical (unpaired) electrons. The first-order valence-electron chi connectivity index (χ1n) is 10.9. The van der Waals surface area contributed by atoms with Crippen LogP contribution >= 0.6 is 0 Å². The number of benzene rings is 2. The van der Waals surface area contributed by atoms with Gasteiger partial charge in [0.25, 0.3) is 0 Å². The third kappa shape index (κ3) is 6.35. The largest absolute Gasteiger partial charge is 0.573 e. The van der Waals surface area contributed by atoms with Crippen LogP contribution in [0.2, 0.25) is 0 Å². The molecule has 1 fully saturated rings. The van der Waals surface area contributed by atoms with E-state index in [1.165, 1.54) is 36.4 Å². The van der Waals surface area contributed by atoms with Gasteiger partial charge in [-0.2, -0.15) is 13.2 Å². The van der Waals surface area contributed by atoms with Gasteiger partial charge in [0.2, 0.25) is 0 Å². The first-order valence-corrected chi connectivity index (χ1v) is 12.2. The van der Waals surface area contributed by atoms with Gasteiger partial charge in [0.1, 0.15) is 11.6 Å². The maximum Gasteiger partial charge on any atom is 0.573 e. The molecule has 0 saturated carbocycles. The minimum Gasteiger partial charge on any atom is -0.406 e. The summed E-state index contributed by atoms with van der Waals surface area (Å²) in [5.74, 6) is 0.218. The molecule has 0 aliphatic carbocycles. The van der Waals surface area contributed by atoms with E-state index in [1.54, 1.807) is 10.4 Å². The van der Waals surface area contributed by atoms with Gasteiger partial charge in [-0.3, -0.25) is 4.99 Å². The quantitative estimate of drug-likeness (QED) is 0.564. The number of ether oxygens (including phenoxy) is 1. The Labute approximate surface area is 200 Å². The molecule has 1 unspecified atom stereocenters. The summed E-state index contributed by atoms with van der Waals surface area (Å²) < 4.78 is 95.6. The van der Waals surface area contributed by atoms with Crippen molar-refractivity contribution in [2.45, 2.75) is 37.3 Å². The van der Waals surface area contributed by atoms with Gasteiger partial charge in [0, 0.05) is 24.4 Å². The van der Waals surface area contributed by atoms with Gasteiger partial charge in [-0.15, -0.1) is 13.2 Å². The Morgan fingerprint density at radius 2 is 1.74 bits per heavy atom. The van der Waals surface area contributed by atoms with Crippen LogP contribution in [-0.4, -0.2) is 51.6 Å². The molecule has 1 atom stereocenters. The van der Waals surface area contributed by atoms with E-state index in [4.69, 9.17) is 0 Å². The van der Waals surface area contributed by atoms with E-state index in [-0.39, 0.29) is 23.5 Å². The normalized spacial score (nSPS) is 19.3. The van der Waals surface area contributed by atoms with Crippen LogP contribution in [0.4, 0.5) is 26.3 Å². The van der Waals surface area contributed by atoms with Crippen molar-refractivity contribution >= 4 is 16.8 Å². The van der Waals surface area contributed by atoms with Crippen molar-refractivity contribution in [3.63, 3.8) is 0 Å². The van der Waals surface area contributed by atoms with Crippen LogP contribution in [0, 0.1) is 0 Å². The first kappa shape index (κ1) is 25.5. The van der Waals surface area contributed by atoms with Crippen LogP contribution in [0.3, 0.4) is 0 Å². The van der Waals surface area contributed by atoms with Crippen molar-refractivity contribution in [1.82, 2.24) is 9.62 Å². The SMILES string of the molecule is O=S(CCc1ccccc1C(F)(F)F)N1CCC2(CC1)CN=C(c1cccc(OC(F)(F)F)c1)N2. The van der Waals surface area contributed by atoms with Crippen LogP contribution in [0.1, 0.15) is 29.5 Å². The van der Waals surface area contributed by atoms with E-state index >= 15 is 0 Å². The molecule has 12 heteroatoms. The molecule has 2 aromatic rings. The molecule has 2 heterocycles. The summed E-state index contributed by atoms with van der Waals surface area (Å²) in [5.41, 5.74) is -0.522. The Kier molecular flexibility index (Phi) is 7.14. The van der Waals surface area contributed by atoms with Gasteiger partial charge >= 0.3 is 12.5 Å². The lowest BCUT2D eigenvalue weighted by atomic mass is 9.89. The highest BCUT2D eigenvalue weighted by Gasteiger charge is 2.40. The number of piperidine rings is 1. The fourth-order valence-electron chi connectivity index (χ4n) is 4.31. The molecule has 190 valence electrons. The summed E-state index contributed by atoms with van der Waals surface area (Å²) in [7, 11) is -1.44. The molecule has 4 rings (SSSR count). The Bertz CT molecular complexity index is 1110. The van der Waals surface area contributed by atoms with E-state index in [2.05, 4.69) is 15.0 Å². The number of halogens is 6. The zero-order chi connectivity index (χ0) is 25.3. The summed E-state index contributed by atoms with van der Waals surface area (Å²) >= 11 is 0. The standard InChI is InChI=1S/C23H23F6N3O2S/c24-22(25,26)19-7-2-1-4-16(19)8-13-35(33)32-11-9-21(10-12-32)15-30-20(31-21)17-5-3-6-18(14-17)34-23(27,28)29/h1-7,14H,8-13,15H2,(H,30,31). The summed E-state index contributed by atoms with van der Waals surface area (Å²) in [6.07, 6.45) is -8.03. The Morgan fingerprint density at radius 3 is 2.43 bits per heavy atom. The van der Waals surface area contributed by atoms with Gasteiger partial charge in [-0.05, 0) is 43.0 Å². The number of aryl methyl sites for hydroxylation is 1. The number of hydrogen-bond acceptors (Lipinski definition) is 4. The predicted molar refractivity (Wildman–Crippen MR) is 119 cm³/mol. The lowest BCUT2D eigenvalue weighted by Crippen LogP contribution is -2.54. The van der Waals surface area contributed by atoms with Crippen LogP contribution in [0.5, 0.6) is 5.75 Å². The number of aliphatic imine (C=N–C) groups is 1. The molecule has 0 aromatic heterocycles. The van der Waals surface area contributed by atoms with Crippen LogP contribution in [0.25, 0.3) is 0 Å². The van der Waals surface area contributed by atoms with E-state index in [0.717, 1.165) is 6.07 Å². The summed E-state index contributed by atoms with van der Waals surface area (Å²) in [6.45, 7) is 1.34. The predicted octanol–water partition coefficient (Wildman–Crippen LogP) is 4.69. The lowest BCUT2D eigenvalue weighted by Gasteiger charge is -2.38. The van der Waals surface area contributed by atoms with E-state index in [1.807, 2.05) is 0 Å². The molecule has 1 spiro atoms. The highest BCUT2D eigenvalue weighted by molar-refractivity contribution is 7.82. The van der Waals surface area contributed by atoms with Gasteiger partial charge in [-0.1, -0.05) is 30.3 Å². The molecule has 2 aliphatic rings. The van der Waals surface area contributed by atoms with E-state index < -0.39 is 34.6 Å². The fraction of sp³-hybridized carbons (Fsp3) is 0.435. The molecule has 1 saturated heterocycles. The highest BCUT2D eigenvalue weighted by Crippen LogP contribution is 2.33. The minimum atomic E-state index is -4.79. The van der Waals surface area contributed by atoms with Crippen molar-refractivity contribution < 1.29 is 35.3 Å². The molecule has 35 heavy (non-hydrogen) atoms. The van der Waals surface area contributed by atoms with Gasteiger partial charge in [-0.25, -0.2) is 8.51 Å². The van der Waals surface area contributed by atoms with Gasteiger partial charge < -0.3 is 10.1 Å². The summed E-state index contributed by atoms with van der Waals surface area (Å²) in [6, 6.07) is 10.9. The van der Waals surface area contributed by atoms with Gasteiger partial charge in [0.15, 0.2) is 0 Å². The summed E-state index contributed by atoms with van der Waals surface area (Å²) in [5, 5.41) is 3.32. The third-order valence-electron chi connectivity index (χ3n) is 6.10. The lowest BCUT2D eigenvalue weighted by molar-refractivity contribution is -0.274. The van der Waals surface area contributed by atoms with Crippen molar-refractivity contribution in [1.29, 1.82) is 0 Å². The molecule has 1 N–H and O–H groups in total. The smallest absolute Gasteiger partial charge is 0.406 e. The average Bonchev–Trinajstić information content (AvgIpc) is 3.20. The number of nitrogens with one attached hydrogen (secondary N) is 1. The van der Waals surface area contributed by atoms with Crippen LogP contribution in [0.15, 0.2) is 53.5 Å². The van der Waals surface area contributed by atoms with Crippen LogP contribution in [-0.2, 0) is 23.6 Å². The molecule has 5 nitrogen and oxygen atoms in total. The average molecular weight is 520 g/mol. The maximum atomic E-state index is 13.2. The number of nitrogens with zero attached hydrogens (tertiary/aromatic N) is 2. The van der Waals surface area contributed by atoms with E-state index in [9.17, 15) is 30.6 Å². The number of hydrogen-bond donors (Lipinski definition) is 1. The molecule has 2 aromatic carbocycles. The van der Waals surface area contributed by atoms with E-state index in [0.29, 0.717) is 43.9 Å². The second-order valence-corrected chi connectivity index (χ2v) is 10.1. The van der Waals surface area contributed by atoms with Crippen molar-refractivity contribution in [2.75, 3.05) is 25.4 Å². The van der Waals surface area contributed by atoms with Crippen molar-refractivity contribution in [2.24, 2.45) is 4.99 Å². The molecule has 0 amide bonds. The molecular weight excluding hydrogens is 496 g/mol. The number of rotatable bonds is 6. The van der Waals surface area contributed by atoms with Crippen molar-refractivity contribution in [3.05, 3.63) is 65.2 Å². The molecular formula is C23H23F6N3O2S. The monoisotopic (exact) mass is 519 g/mol. The highest BCUT2D eigenvalue weighted by atomic mass is 32.2. The summed E-state index contributed by atoms with van der Waals surface area (Å²) in [4.78, 5) is 4.47. The Balaban J connectivity index is 1.31.